The Morgan fingerprint density at radius 3 is 2.29 bits per heavy atom. The van der Waals surface area contributed by atoms with Crippen molar-refractivity contribution in [1.82, 2.24) is 5.32 Å². The second-order valence-electron chi connectivity index (χ2n) is 4.24. The number of carbonyl (C=O) groups excluding carboxylic acids is 2. The summed E-state index contributed by atoms with van der Waals surface area (Å²) >= 11 is 0. The lowest BCUT2D eigenvalue weighted by atomic mass is 9.95. The lowest BCUT2D eigenvalue weighted by Gasteiger charge is -2.24. The highest BCUT2D eigenvalue weighted by atomic mass is 16.3. The van der Waals surface area contributed by atoms with Gasteiger partial charge in [0.2, 0.25) is 0 Å². The summed E-state index contributed by atoms with van der Waals surface area (Å²) in [5.74, 6) is -0.728. The zero-order valence-electron chi connectivity index (χ0n) is 10.2. The minimum atomic E-state index is -1.63. The van der Waals surface area contributed by atoms with Crippen molar-refractivity contribution in [2.24, 2.45) is 0 Å². The quantitative estimate of drug-likeness (QED) is 0.817. The molecule has 1 rings (SSSR count). The fourth-order valence-electron chi connectivity index (χ4n) is 1.33. The van der Waals surface area contributed by atoms with Gasteiger partial charge in [-0.15, -0.1) is 0 Å². The summed E-state index contributed by atoms with van der Waals surface area (Å²) in [5.41, 5.74) is -1.14. The maximum Gasteiger partial charge on any atom is 0.256 e. The predicted molar refractivity (Wildman–Crippen MR) is 64.3 cm³/mol. The molecule has 1 aromatic rings. The first-order chi connectivity index (χ1) is 7.85. The molecule has 4 nitrogen and oxygen atoms in total. The van der Waals surface area contributed by atoms with Crippen LogP contribution in [0.3, 0.4) is 0 Å². The third-order valence-electron chi connectivity index (χ3n) is 2.74. The SMILES string of the molecule is CC(=O)[C@H](C)NC(=O)[C@@](C)(O)c1ccccc1. The Morgan fingerprint density at radius 1 is 1.29 bits per heavy atom. The van der Waals surface area contributed by atoms with Crippen molar-refractivity contribution >= 4 is 11.7 Å². The zero-order valence-corrected chi connectivity index (χ0v) is 10.2. The van der Waals surface area contributed by atoms with Crippen LogP contribution in [0.4, 0.5) is 0 Å². The Hall–Kier alpha value is -1.68. The average molecular weight is 235 g/mol. The normalized spacial score (nSPS) is 15.8. The lowest BCUT2D eigenvalue weighted by Crippen LogP contribution is -2.47. The Labute approximate surface area is 101 Å². The van der Waals surface area contributed by atoms with Crippen LogP contribution in [0.25, 0.3) is 0 Å². The van der Waals surface area contributed by atoms with Crippen molar-refractivity contribution in [2.45, 2.75) is 32.4 Å². The molecule has 1 aromatic carbocycles. The van der Waals surface area contributed by atoms with E-state index in [4.69, 9.17) is 0 Å². The number of benzene rings is 1. The molecule has 0 saturated heterocycles. The molecule has 1 amide bonds. The molecule has 0 saturated carbocycles. The lowest BCUT2D eigenvalue weighted by molar-refractivity contribution is -0.141. The van der Waals surface area contributed by atoms with Crippen LogP contribution in [-0.2, 0) is 15.2 Å². The number of amides is 1. The summed E-state index contributed by atoms with van der Waals surface area (Å²) < 4.78 is 0. The third-order valence-corrected chi connectivity index (χ3v) is 2.74. The maximum absolute atomic E-state index is 11.9. The number of rotatable bonds is 4. The van der Waals surface area contributed by atoms with Gasteiger partial charge in [0.05, 0.1) is 6.04 Å². The third kappa shape index (κ3) is 3.14. The van der Waals surface area contributed by atoms with Crippen LogP contribution < -0.4 is 5.32 Å². The van der Waals surface area contributed by atoms with Gasteiger partial charge in [-0.3, -0.25) is 9.59 Å². The van der Waals surface area contributed by atoms with Gasteiger partial charge in [-0.2, -0.15) is 0 Å². The van der Waals surface area contributed by atoms with Crippen LogP contribution in [-0.4, -0.2) is 22.8 Å². The maximum atomic E-state index is 11.9. The van der Waals surface area contributed by atoms with Gasteiger partial charge < -0.3 is 10.4 Å². The van der Waals surface area contributed by atoms with E-state index in [1.54, 1.807) is 37.3 Å². The molecule has 2 N–H and O–H groups in total. The molecular formula is C13H17NO3. The average Bonchev–Trinajstić information content (AvgIpc) is 2.29. The second kappa shape index (κ2) is 5.10. The number of hydrogen-bond donors (Lipinski definition) is 2. The Morgan fingerprint density at radius 2 is 1.82 bits per heavy atom. The van der Waals surface area contributed by atoms with Gasteiger partial charge in [0, 0.05) is 0 Å². The Kier molecular flexibility index (Phi) is 4.02. The number of hydrogen-bond acceptors (Lipinski definition) is 3. The highest BCUT2D eigenvalue weighted by Crippen LogP contribution is 2.20. The van der Waals surface area contributed by atoms with Gasteiger partial charge in [-0.25, -0.2) is 0 Å². The van der Waals surface area contributed by atoms with E-state index in [9.17, 15) is 14.7 Å². The molecule has 0 aliphatic heterocycles. The monoisotopic (exact) mass is 235 g/mol. The summed E-state index contributed by atoms with van der Waals surface area (Å²) in [7, 11) is 0. The van der Waals surface area contributed by atoms with Crippen LogP contribution in [0.5, 0.6) is 0 Å². The second-order valence-corrected chi connectivity index (χ2v) is 4.24. The molecule has 4 heteroatoms. The molecule has 0 fully saturated rings. The molecule has 0 radical (unpaired) electrons. The molecule has 17 heavy (non-hydrogen) atoms. The highest BCUT2D eigenvalue weighted by Gasteiger charge is 2.33. The smallest absolute Gasteiger partial charge is 0.256 e. The summed E-state index contributed by atoms with van der Waals surface area (Å²) in [6.45, 7) is 4.38. The molecule has 0 aliphatic rings. The fourth-order valence-corrected chi connectivity index (χ4v) is 1.33. The summed E-state index contributed by atoms with van der Waals surface area (Å²) in [6.07, 6.45) is 0. The zero-order chi connectivity index (χ0) is 13.1. The first kappa shape index (κ1) is 13.4. The number of nitrogens with one attached hydrogen (secondary N) is 1. The van der Waals surface area contributed by atoms with Crippen LogP contribution in [0.1, 0.15) is 26.3 Å². The molecule has 2 atom stereocenters. The van der Waals surface area contributed by atoms with E-state index in [1.165, 1.54) is 13.8 Å². The first-order valence-corrected chi connectivity index (χ1v) is 5.45. The van der Waals surface area contributed by atoms with E-state index >= 15 is 0 Å². The highest BCUT2D eigenvalue weighted by molar-refractivity contribution is 5.91. The largest absolute Gasteiger partial charge is 0.376 e. The van der Waals surface area contributed by atoms with Gasteiger partial charge in [0.25, 0.3) is 5.91 Å². The topological polar surface area (TPSA) is 66.4 Å². The summed E-state index contributed by atoms with van der Waals surface area (Å²) in [4.78, 5) is 22.9. The fraction of sp³-hybridized carbons (Fsp3) is 0.385. The molecular weight excluding hydrogens is 218 g/mol. The van der Waals surface area contributed by atoms with Crippen LogP contribution >= 0.6 is 0 Å². The van der Waals surface area contributed by atoms with Crippen molar-refractivity contribution in [3.05, 3.63) is 35.9 Å². The molecule has 0 unspecified atom stereocenters. The standard InChI is InChI=1S/C13H17NO3/c1-9(10(2)15)14-12(16)13(3,17)11-7-5-4-6-8-11/h4-9,17H,1-3H3,(H,14,16)/t9-,13-/m0/s1. The number of carbonyl (C=O) groups is 2. The molecule has 92 valence electrons. The van der Waals surface area contributed by atoms with Crippen molar-refractivity contribution in [3.8, 4) is 0 Å². The van der Waals surface area contributed by atoms with Crippen LogP contribution in [0.2, 0.25) is 0 Å². The molecule has 0 spiro atoms. The minimum absolute atomic E-state index is 0.151. The van der Waals surface area contributed by atoms with Gasteiger partial charge in [-0.05, 0) is 26.3 Å². The molecule has 0 aromatic heterocycles. The molecule has 0 heterocycles. The Balaban J connectivity index is 2.84. The van der Waals surface area contributed by atoms with E-state index < -0.39 is 17.6 Å². The van der Waals surface area contributed by atoms with Crippen molar-refractivity contribution in [2.75, 3.05) is 0 Å². The van der Waals surface area contributed by atoms with Crippen LogP contribution in [0.15, 0.2) is 30.3 Å². The van der Waals surface area contributed by atoms with E-state index in [0.717, 1.165) is 0 Å². The molecule has 0 aliphatic carbocycles. The summed E-state index contributed by atoms with van der Waals surface area (Å²) in [6, 6.07) is 8.01. The van der Waals surface area contributed by atoms with Gasteiger partial charge in [0.15, 0.2) is 11.4 Å². The molecule has 0 bridgehead atoms. The van der Waals surface area contributed by atoms with Crippen molar-refractivity contribution < 1.29 is 14.7 Å². The van der Waals surface area contributed by atoms with Crippen molar-refractivity contribution in [1.29, 1.82) is 0 Å². The van der Waals surface area contributed by atoms with Gasteiger partial charge >= 0.3 is 0 Å². The van der Waals surface area contributed by atoms with Gasteiger partial charge in [0.1, 0.15) is 0 Å². The minimum Gasteiger partial charge on any atom is -0.376 e. The number of aliphatic hydroxyl groups is 1. The van der Waals surface area contributed by atoms with Crippen molar-refractivity contribution in [3.63, 3.8) is 0 Å². The van der Waals surface area contributed by atoms with E-state index in [0.29, 0.717) is 5.56 Å². The Bertz CT molecular complexity index is 412. The first-order valence-electron chi connectivity index (χ1n) is 5.45. The van der Waals surface area contributed by atoms with Gasteiger partial charge in [-0.1, -0.05) is 30.3 Å². The predicted octanol–water partition coefficient (Wildman–Crippen LogP) is 0.988. The van der Waals surface area contributed by atoms with E-state index in [1.807, 2.05) is 0 Å². The number of Topliss-reactive ketones (excluding diaryl/α,β-unsaturated/α-hetero) is 1. The van der Waals surface area contributed by atoms with E-state index in [-0.39, 0.29) is 5.78 Å². The van der Waals surface area contributed by atoms with Crippen LogP contribution in [0, 0.1) is 0 Å². The summed E-state index contributed by atoms with van der Waals surface area (Å²) in [5, 5.41) is 12.6. The van der Waals surface area contributed by atoms with E-state index in [2.05, 4.69) is 5.32 Å². The number of ketones is 1.